The molecule has 0 aromatic heterocycles. The molecule has 2 fully saturated rings. The van der Waals surface area contributed by atoms with Gasteiger partial charge in [0, 0.05) is 18.5 Å². The first-order valence-electron chi connectivity index (χ1n) is 9.08. The van der Waals surface area contributed by atoms with Gasteiger partial charge in [0.1, 0.15) is 5.75 Å². The van der Waals surface area contributed by atoms with Gasteiger partial charge in [0.05, 0.1) is 7.11 Å². The Bertz CT molecular complexity index is 620. The SMILES string of the molecule is COc1ccc2c(c1)[C@]1(C)CCN(C(=O)C3CCCC3)[C@H](C2)C1. The van der Waals surface area contributed by atoms with Gasteiger partial charge in [0.25, 0.3) is 0 Å². The van der Waals surface area contributed by atoms with Gasteiger partial charge in [-0.3, -0.25) is 4.79 Å². The lowest BCUT2D eigenvalue weighted by Gasteiger charge is -2.50. The van der Waals surface area contributed by atoms with Gasteiger partial charge in [-0.25, -0.2) is 0 Å². The molecule has 0 N–H and O–H groups in total. The molecule has 2 bridgehead atoms. The van der Waals surface area contributed by atoms with Crippen LogP contribution in [0.15, 0.2) is 18.2 Å². The van der Waals surface area contributed by atoms with Crippen molar-refractivity contribution in [2.24, 2.45) is 5.92 Å². The lowest BCUT2D eigenvalue weighted by atomic mass is 9.65. The van der Waals surface area contributed by atoms with Crippen molar-refractivity contribution < 1.29 is 9.53 Å². The highest BCUT2D eigenvalue weighted by molar-refractivity contribution is 5.79. The van der Waals surface area contributed by atoms with Gasteiger partial charge in [-0.1, -0.05) is 25.8 Å². The van der Waals surface area contributed by atoms with Crippen LogP contribution in [0.4, 0.5) is 0 Å². The van der Waals surface area contributed by atoms with Crippen molar-refractivity contribution in [2.75, 3.05) is 13.7 Å². The maximum atomic E-state index is 12.9. The second-order valence-corrected chi connectivity index (χ2v) is 7.91. The van der Waals surface area contributed by atoms with Gasteiger partial charge in [-0.2, -0.15) is 0 Å². The van der Waals surface area contributed by atoms with Crippen LogP contribution in [0.5, 0.6) is 5.75 Å². The number of fused-ring (bicyclic) bond motifs is 4. The second kappa shape index (κ2) is 5.54. The predicted molar refractivity (Wildman–Crippen MR) is 90.7 cm³/mol. The molecular formula is C20H27NO2. The highest BCUT2D eigenvalue weighted by Gasteiger charge is 2.45. The topological polar surface area (TPSA) is 29.5 Å². The van der Waals surface area contributed by atoms with E-state index in [0.29, 0.717) is 17.9 Å². The predicted octanol–water partition coefficient (Wildman–Crippen LogP) is 3.69. The van der Waals surface area contributed by atoms with Crippen LogP contribution in [0.1, 0.15) is 56.6 Å². The summed E-state index contributed by atoms with van der Waals surface area (Å²) in [5, 5.41) is 0. The third kappa shape index (κ3) is 2.45. The Morgan fingerprint density at radius 3 is 2.83 bits per heavy atom. The Morgan fingerprint density at radius 2 is 2.09 bits per heavy atom. The number of hydrogen-bond acceptors (Lipinski definition) is 2. The van der Waals surface area contributed by atoms with E-state index in [2.05, 4.69) is 30.0 Å². The molecular weight excluding hydrogens is 286 g/mol. The standard InChI is InChI=1S/C20H27NO2/c1-20-9-10-21(19(22)14-5-3-4-6-14)16(13-20)11-15-7-8-17(23-2)12-18(15)20/h7-8,12,14,16H,3-6,9-11,13H2,1-2H3/t16-,20-/m1/s1. The first-order chi connectivity index (χ1) is 11.1. The molecule has 0 unspecified atom stereocenters. The first-order valence-corrected chi connectivity index (χ1v) is 9.08. The monoisotopic (exact) mass is 313 g/mol. The van der Waals surface area contributed by atoms with Crippen LogP contribution in [0, 0.1) is 5.92 Å². The molecule has 3 heteroatoms. The van der Waals surface area contributed by atoms with Crippen molar-refractivity contribution in [3.05, 3.63) is 29.3 Å². The molecule has 1 saturated carbocycles. The van der Waals surface area contributed by atoms with E-state index >= 15 is 0 Å². The first kappa shape index (κ1) is 15.0. The van der Waals surface area contributed by atoms with Crippen molar-refractivity contribution in [3.63, 3.8) is 0 Å². The molecule has 2 atom stereocenters. The normalized spacial score (nSPS) is 30.2. The Hall–Kier alpha value is -1.51. The van der Waals surface area contributed by atoms with Crippen molar-refractivity contribution in [3.8, 4) is 5.75 Å². The molecule has 3 nitrogen and oxygen atoms in total. The van der Waals surface area contributed by atoms with Crippen LogP contribution >= 0.6 is 0 Å². The lowest BCUT2D eigenvalue weighted by Crippen LogP contribution is -2.55. The molecule has 0 spiro atoms. The number of piperidine rings is 1. The van der Waals surface area contributed by atoms with Crippen LogP contribution < -0.4 is 4.74 Å². The molecule has 1 aromatic carbocycles. The summed E-state index contributed by atoms with van der Waals surface area (Å²) in [5.41, 5.74) is 3.05. The molecule has 23 heavy (non-hydrogen) atoms. The van der Waals surface area contributed by atoms with Gasteiger partial charge >= 0.3 is 0 Å². The molecule has 1 saturated heterocycles. The Balaban J connectivity index is 1.62. The molecule has 1 aromatic rings. The van der Waals surface area contributed by atoms with Crippen LogP contribution in [0.2, 0.25) is 0 Å². The number of nitrogens with zero attached hydrogens (tertiary/aromatic N) is 1. The highest BCUT2D eigenvalue weighted by Crippen LogP contribution is 2.46. The second-order valence-electron chi connectivity index (χ2n) is 7.91. The number of carbonyl (C=O) groups is 1. The summed E-state index contributed by atoms with van der Waals surface area (Å²) >= 11 is 0. The number of hydrogen-bond donors (Lipinski definition) is 0. The number of rotatable bonds is 2. The number of ether oxygens (including phenoxy) is 1. The summed E-state index contributed by atoms with van der Waals surface area (Å²) in [4.78, 5) is 15.2. The third-order valence-corrected chi connectivity index (χ3v) is 6.44. The number of benzene rings is 1. The van der Waals surface area contributed by atoms with Crippen LogP contribution in [-0.2, 0) is 16.6 Å². The number of amides is 1. The van der Waals surface area contributed by atoms with E-state index < -0.39 is 0 Å². The summed E-state index contributed by atoms with van der Waals surface area (Å²) in [6, 6.07) is 6.89. The number of likely N-dealkylation sites (tertiary alicyclic amines) is 1. The van der Waals surface area contributed by atoms with Crippen molar-refractivity contribution in [1.29, 1.82) is 0 Å². The van der Waals surface area contributed by atoms with Crippen molar-refractivity contribution in [1.82, 2.24) is 4.90 Å². The smallest absolute Gasteiger partial charge is 0.225 e. The van der Waals surface area contributed by atoms with Crippen molar-refractivity contribution >= 4 is 5.91 Å². The van der Waals surface area contributed by atoms with E-state index in [9.17, 15) is 4.79 Å². The maximum Gasteiger partial charge on any atom is 0.225 e. The van der Waals surface area contributed by atoms with Gasteiger partial charge in [-0.15, -0.1) is 0 Å². The molecule has 2 aliphatic carbocycles. The molecule has 0 radical (unpaired) electrons. The molecule has 1 heterocycles. The maximum absolute atomic E-state index is 12.9. The summed E-state index contributed by atoms with van der Waals surface area (Å²) in [5.74, 6) is 1.69. The van der Waals surface area contributed by atoms with Gasteiger partial charge in [0.2, 0.25) is 5.91 Å². The minimum atomic E-state index is 0.194. The van der Waals surface area contributed by atoms with Crippen LogP contribution in [0.25, 0.3) is 0 Å². The zero-order chi connectivity index (χ0) is 16.0. The van der Waals surface area contributed by atoms with Crippen LogP contribution in [-0.4, -0.2) is 30.5 Å². The average Bonchev–Trinajstić information content (AvgIpc) is 3.09. The third-order valence-electron chi connectivity index (χ3n) is 6.44. The van der Waals surface area contributed by atoms with E-state index in [0.717, 1.165) is 44.4 Å². The Kier molecular flexibility index (Phi) is 3.62. The molecule has 3 aliphatic rings. The zero-order valence-electron chi connectivity index (χ0n) is 14.3. The Morgan fingerprint density at radius 1 is 1.30 bits per heavy atom. The fourth-order valence-corrected chi connectivity index (χ4v) is 5.08. The van der Waals surface area contributed by atoms with E-state index in [-0.39, 0.29) is 5.41 Å². The quantitative estimate of drug-likeness (QED) is 0.833. The lowest BCUT2D eigenvalue weighted by molar-refractivity contribution is -0.140. The van der Waals surface area contributed by atoms with Crippen molar-refractivity contribution in [2.45, 2.75) is 63.3 Å². The van der Waals surface area contributed by atoms with Gasteiger partial charge in [-0.05, 0) is 60.8 Å². The largest absolute Gasteiger partial charge is 0.497 e. The summed E-state index contributed by atoms with van der Waals surface area (Å²) in [6.45, 7) is 3.29. The van der Waals surface area contributed by atoms with E-state index in [1.54, 1.807) is 7.11 Å². The fraction of sp³-hybridized carbons (Fsp3) is 0.650. The Labute approximate surface area is 139 Å². The molecule has 4 rings (SSSR count). The average molecular weight is 313 g/mol. The number of methoxy groups -OCH3 is 1. The van der Waals surface area contributed by atoms with Gasteiger partial charge < -0.3 is 9.64 Å². The molecule has 1 aliphatic heterocycles. The summed E-state index contributed by atoms with van der Waals surface area (Å²) < 4.78 is 5.43. The van der Waals surface area contributed by atoms with E-state index in [4.69, 9.17) is 4.74 Å². The molecule has 124 valence electrons. The summed E-state index contributed by atoms with van der Waals surface area (Å²) in [7, 11) is 1.73. The minimum Gasteiger partial charge on any atom is -0.497 e. The minimum absolute atomic E-state index is 0.194. The fourth-order valence-electron chi connectivity index (χ4n) is 5.08. The highest BCUT2D eigenvalue weighted by atomic mass is 16.5. The summed E-state index contributed by atoms with van der Waals surface area (Å²) in [6.07, 6.45) is 7.85. The zero-order valence-corrected chi connectivity index (χ0v) is 14.3. The van der Waals surface area contributed by atoms with Gasteiger partial charge in [0.15, 0.2) is 0 Å². The number of carbonyl (C=O) groups excluding carboxylic acids is 1. The van der Waals surface area contributed by atoms with E-state index in [1.165, 1.54) is 24.0 Å². The van der Waals surface area contributed by atoms with Crippen LogP contribution in [0.3, 0.4) is 0 Å². The van der Waals surface area contributed by atoms with E-state index in [1.807, 2.05) is 0 Å². The molecule has 1 amide bonds.